The minimum atomic E-state index is -3.80. The van der Waals surface area contributed by atoms with Crippen molar-refractivity contribution in [1.82, 2.24) is 15.2 Å². The van der Waals surface area contributed by atoms with Crippen LogP contribution < -0.4 is 4.72 Å². The number of thiazole rings is 1. The molecule has 0 radical (unpaired) electrons. The number of nitrogens with one attached hydrogen (secondary N) is 2. The second-order valence-corrected chi connectivity index (χ2v) is 10.1. The van der Waals surface area contributed by atoms with Crippen LogP contribution >= 0.6 is 11.3 Å². The Kier molecular flexibility index (Phi) is 3.89. The molecule has 0 bridgehead atoms. The van der Waals surface area contributed by atoms with Crippen molar-refractivity contribution in [2.45, 2.75) is 23.1 Å². The highest BCUT2D eigenvalue weighted by atomic mass is 32.2. The van der Waals surface area contributed by atoms with Crippen molar-refractivity contribution in [3.8, 4) is 0 Å². The van der Waals surface area contributed by atoms with Gasteiger partial charge in [0.1, 0.15) is 4.90 Å². The van der Waals surface area contributed by atoms with E-state index < -0.39 is 19.9 Å². The Hall–Kier alpha value is -1.98. The summed E-state index contributed by atoms with van der Waals surface area (Å²) >= 11 is 0.996. The second-order valence-electron chi connectivity index (χ2n) is 5.30. The smallest absolute Gasteiger partial charge is 0.265 e. The number of sulfonamides is 1. The zero-order valence-corrected chi connectivity index (χ0v) is 15.4. The number of fused-ring (bicyclic) bond motifs is 1. The maximum atomic E-state index is 12.5. The first-order valence-electron chi connectivity index (χ1n) is 6.73. The largest absolute Gasteiger partial charge is 0.281 e. The first-order valence-corrected chi connectivity index (χ1v) is 10.9. The number of H-pyrrole nitrogens is 1. The molecular formula is C13H14N4O4S3. The minimum absolute atomic E-state index is 0.000898. The molecule has 0 fully saturated rings. The van der Waals surface area contributed by atoms with E-state index in [1.54, 1.807) is 26.0 Å². The molecule has 1 aromatic carbocycles. The molecule has 24 heavy (non-hydrogen) atoms. The third-order valence-electron chi connectivity index (χ3n) is 3.27. The van der Waals surface area contributed by atoms with Crippen LogP contribution in [0, 0.1) is 13.8 Å². The van der Waals surface area contributed by atoms with Crippen LogP contribution in [-0.2, 0) is 19.9 Å². The van der Waals surface area contributed by atoms with Crippen molar-refractivity contribution in [3.63, 3.8) is 0 Å². The number of anilines is 1. The van der Waals surface area contributed by atoms with Gasteiger partial charge in [-0.2, -0.15) is 5.10 Å². The van der Waals surface area contributed by atoms with Crippen LogP contribution in [0.25, 0.3) is 10.2 Å². The summed E-state index contributed by atoms with van der Waals surface area (Å²) in [5.41, 5.74) is 1.64. The molecule has 2 heterocycles. The summed E-state index contributed by atoms with van der Waals surface area (Å²) in [5, 5.41) is 6.52. The third kappa shape index (κ3) is 3.01. The monoisotopic (exact) mass is 386 g/mol. The predicted octanol–water partition coefficient (Wildman–Crippen LogP) is 1.84. The SMILES string of the molecule is Cc1n[nH]c(C)c1S(=O)(=O)Nc1ccc2nc(S(C)(=O)=O)sc2c1. The predicted molar refractivity (Wildman–Crippen MR) is 91.6 cm³/mol. The number of nitrogens with zero attached hydrogens (tertiary/aromatic N) is 2. The van der Waals surface area contributed by atoms with E-state index in [9.17, 15) is 16.8 Å². The van der Waals surface area contributed by atoms with Gasteiger partial charge in [0.25, 0.3) is 10.0 Å². The molecule has 11 heteroatoms. The fraction of sp³-hybridized carbons (Fsp3) is 0.231. The molecule has 0 saturated carbocycles. The summed E-state index contributed by atoms with van der Waals surface area (Å²) in [4.78, 5) is 4.14. The van der Waals surface area contributed by atoms with Crippen LogP contribution in [0.5, 0.6) is 0 Å². The van der Waals surface area contributed by atoms with Crippen LogP contribution in [0.2, 0.25) is 0 Å². The van der Waals surface area contributed by atoms with E-state index >= 15 is 0 Å². The third-order valence-corrected chi connectivity index (χ3v) is 7.61. The van der Waals surface area contributed by atoms with Crippen LogP contribution in [0.15, 0.2) is 27.4 Å². The Balaban J connectivity index is 2.02. The molecule has 8 nitrogen and oxygen atoms in total. The Morgan fingerprint density at radius 1 is 1.17 bits per heavy atom. The van der Waals surface area contributed by atoms with E-state index in [1.165, 1.54) is 6.07 Å². The molecule has 0 saturated heterocycles. The summed E-state index contributed by atoms with van der Waals surface area (Å²) in [6.07, 6.45) is 1.08. The first-order chi connectivity index (χ1) is 11.1. The van der Waals surface area contributed by atoms with E-state index in [0.29, 0.717) is 27.3 Å². The lowest BCUT2D eigenvalue weighted by atomic mass is 10.3. The molecule has 3 rings (SSSR count). The van der Waals surface area contributed by atoms with Crippen molar-refractivity contribution < 1.29 is 16.8 Å². The van der Waals surface area contributed by atoms with E-state index in [0.717, 1.165) is 17.6 Å². The molecular weight excluding hydrogens is 372 g/mol. The normalized spacial score (nSPS) is 12.6. The van der Waals surface area contributed by atoms with Gasteiger partial charge in [-0.25, -0.2) is 21.8 Å². The minimum Gasteiger partial charge on any atom is -0.281 e. The lowest BCUT2D eigenvalue weighted by Gasteiger charge is -2.08. The van der Waals surface area contributed by atoms with E-state index in [2.05, 4.69) is 19.9 Å². The molecule has 0 atom stereocenters. The van der Waals surface area contributed by atoms with Gasteiger partial charge in [0.05, 0.1) is 27.3 Å². The number of sulfone groups is 1. The van der Waals surface area contributed by atoms with Crippen LogP contribution in [-0.4, -0.2) is 38.3 Å². The van der Waals surface area contributed by atoms with Gasteiger partial charge < -0.3 is 0 Å². The van der Waals surface area contributed by atoms with Crippen molar-refractivity contribution in [1.29, 1.82) is 0 Å². The summed E-state index contributed by atoms with van der Waals surface area (Å²) in [7, 11) is -7.20. The maximum Gasteiger partial charge on any atom is 0.265 e. The number of aromatic amines is 1. The summed E-state index contributed by atoms with van der Waals surface area (Å²) < 4.78 is 51.3. The number of hydrogen-bond acceptors (Lipinski definition) is 7. The van der Waals surface area contributed by atoms with Crippen molar-refractivity contribution in [2.24, 2.45) is 0 Å². The highest BCUT2D eigenvalue weighted by Gasteiger charge is 2.22. The molecule has 0 unspecified atom stereocenters. The van der Waals surface area contributed by atoms with Crippen molar-refractivity contribution >= 4 is 47.1 Å². The lowest BCUT2D eigenvalue weighted by molar-refractivity contribution is 0.599. The van der Waals surface area contributed by atoms with Crippen LogP contribution in [0.4, 0.5) is 5.69 Å². The van der Waals surface area contributed by atoms with Gasteiger partial charge in [-0.15, -0.1) is 11.3 Å². The molecule has 3 aromatic rings. The fourth-order valence-corrected chi connectivity index (χ4v) is 5.57. The number of aromatic nitrogens is 3. The molecule has 0 aliphatic rings. The number of benzene rings is 1. The number of aryl methyl sites for hydroxylation is 2. The fourth-order valence-electron chi connectivity index (χ4n) is 2.27. The van der Waals surface area contributed by atoms with Gasteiger partial charge in [0, 0.05) is 6.26 Å². The van der Waals surface area contributed by atoms with Gasteiger partial charge >= 0.3 is 0 Å². The van der Waals surface area contributed by atoms with E-state index in [1.807, 2.05) is 0 Å². The summed E-state index contributed by atoms with van der Waals surface area (Å²) in [6.45, 7) is 3.22. The van der Waals surface area contributed by atoms with E-state index in [-0.39, 0.29) is 9.24 Å². The average Bonchev–Trinajstić information content (AvgIpc) is 3.01. The highest BCUT2D eigenvalue weighted by molar-refractivity contribution is 7.93. The van der Waals surface area contributed by atoms with Crippen molar-refractivity contribution in [2.75, 3.05) is 11.0 Å². The Morgan fingerprint density at radius 3 is 2.46 bits per heavy atom. The standard InChI is InChI=1S/C13H14N4O4S3/c1-7-12(8(2)16-15-7)24(20,21)17-9-4-5-10-11(6-9)22-13(14-10)23(3,18)19/h4-6,17H,1-3H3,(H,15,16). The van der Waals surface area contributed by atoms with Gasteiger partial charge in [0.2, 0.25) is 14.2 Å². The molecule has 0 amide bonds. The highest BCUT2D eigenvalue weighted by Crippen LogP contribution is 2.29. The maximum absolute atomic E-state index is 12.5. The zero-order chi connectivity index (χ0) is 17.7. The van der Waals surface area contributed by atoms with Gasteiger partial charge in [-0.1, -0.05) is 0 Å². The lowest BCUT2D eigenvalue weighted by Crippen LogP contribution is -2.14. The molecule has 2 aromatic heterocycles. The molecule has 0 spiro atoms. The van der Waals surface area contributed by atoms with Crippen LogP contribution in [0.1, 0.15) is 11.4 Å². The first kappa shape index (κ1) is 16.9. The Labute approximate surface area is 142 Å². The molecule has 2 N–H and O–H groups in total. The Bertz CT molecular complexity index is 1120. The second kappa shape index (κ2) is 5.53. The number of rotatable bonds is 4. The average molecular weight is 386 g/mol. The topological polar surface area (TPSA) is 122 Å². The van der Waals surface area contributed by atoms with Crippen LogP contribution in [0.3, 0.4) is 0 Å². The van der Waals surface area contributed by atoms with Gasteiger partial charge in [0.15, 0.2) is 0 Å². The van der Waals surface area contributed by atoms with E-state index in [4.69, 9.17) is 0 Å². The summed E-state index contributed by atoms with van der Waals surface area (Å²) in [6, 6.07) is 4.67. The van der Waals surface area contributed by atoms with Gasteiger partial charge in [-0.3, -0.25) is 9.82 Å². The molecule has 128 valence electrons. The van der Waals surface area contributed by atoms with Gasteiger partial charge in [-0.05, 0) is 32.0 Å². The van der Waals surface area contributed by atoms with Crippen molar-refractivity contribution in [3.05, 3.63) is 29.6 Å². The Morgan fingerprint density at radius 2 is 1.88 bits per heavy atom. The zero-order valence-electron chi connectivity index (χ0n) is 13.0. The quantitative estimate of drug-likeness (QED) is 0.705. The number of hydrogen-bond donors (Lipinski definition) is 2. The summed E-state index contributed by atoms with van der Waals surface area (Å²) in [5.74, 6) is 0. The molecule has 0 aliphatic carbocycles. The molecule has 0 aliphatic heterocycles.